The summed E-state index contributed by atoms with van der Waals surface area (Å²) in [6.45, 7) is 1.96. The number of hydrogen-bond donors (Lipinski definition) is 3. The van der Waals surface area contributed by atoms with E-state index in [2.05, 4.69) is 22.1 Å². The Kier molecular flexibility index (Phi) is 8.65. The lowest BCUT2D eigenvalue weighted by molar-refractivity contribution is -0.143. The average molecular weight is 610 g/mol. The molecule has 2 aromatic carbocycles. The van der Waals surface area contributed by atoms with Crippen LogP contribution in [0.15, 0.2) is 54.7 Å². The highest BCUT2D eigenvalue weighted by Crippen LogP contribution is 2.37. The van der Waals surface area contributed by atoms with E-state index in [1.807, 2.05) is 18.2 Å². The van der Waals surface area contributed by atoms with Crippen LogP contribution in [0.3, 0.4) is 0 Å². The van der Waals surface area contributed by atoms with Gasteiger partial charge in [0.05, 0.1) is 22.8 Å². The molecule has 1 unspecified atom stereocenters. The van der Waals surface area contributed by atoms with E-state index in [0.29, 0.717) is 18.1 Å². The summed E-state index contributed by atoms with van der Waals surface area (Å²) in [5, 5.41) is 23.3. The first-order chi connectivity index (χ1) is 20.2. The molecule has 0 spiro atoms. The third kappa shape index (κ3) is 7.08. The third-order valence-corrected chi connectivity index (χ3v) is 8.67. The van der Waals surface area contributed by atoms with E-state index >= 15 is 0 Å². The standard InChI is InChI=1S/C31H33F6N3O3/c32-30(33,34)22-15-20(16-23(17-22)31(35,36)37)5-6-28(42)40-13-9-29(43,10-14-40)27(41)19-39-11-7-21(8-12-39)25-18-38-26-4-2-1-3-24(25)26/h1-6,15-18,21,27,38,41,43H,7-14,19H2. The molecule has 5 rings (SSSR count). The molecule has 3 heterocycles. The molecule has 2 aliphatic rings. The molecule has 0 bridgehead atoms. The summed E-state index contributed by atoms with van der Waals surface area (Å²) in [6.07, 6.45) is -5.12. The number of carbonyl (C=O) groups excluding carboxylic acids is 1. The number of H-pyrrole nitrogens is 1. The Labute approximate surface area is 244 Å². The number of para-hydroxylation sites is 1. The summed E-state index contributed by atoms with van der Waals surface area (Å²) in [7, 11) is 0. The number of alkyl halides is 6. The summed E-state index contributed by atoms with van der Waals surface area (Å²) in [4.78, 5) is 19.5. The van der Waals surface area contributed by atoms with Crippen LogP contribution in [0.4, 0.5) is 26.3 Å². The molecular formula is C31H33F6N3O3. The molecule has 232 valence electrons. The van der Waals surface area contributed by atoms with Gasteiger partial charge in [0.15, 0.2) is 0 Å². The second-order valence-electron chi connectivity index (χ2n) is 11.5. The van der Waals surface area contributed by atoms with Gasteiger partial charge in [0.2, 0.25) is 5.91 Å². The predicted octanol–water partition coefficient (Wildman–Crippen LogP) is 5.81. The summed E-state index contributed by atoms with van der Waals surface area (Å²) in [6, 6.07) is 9.29. The van der Waals surface area contributed by atoms with Gasteiger partial charge >= 0.3 is 12.4 Å². The Balaban J connectivity index is 1.14. The Morgan fingerprint density at radius 2 is 1.58 bits per heavy atom. The first-order valence-electron chi connectivity index (χ1n) is 14.2. The molecule has 1 amide bonds. The van der Waals surface area contributed by atoms with E-state index in [1.54, 1.807) is 0 Å². The number of amides is 1. The van der Waals surface area contributed by atoms with Crippen LogP contribution >= 0.6 is 0 Å². The number of carbonyl (C=O) groups is 1. The quantitative estimate of drug-likeness (QED) is 0.244. The van der Waals surface area contributed by atoms with Gasteiger partial charge in [0.1, 0.15) is 0 Å². The fourth-order valence-electron chi connectivity index (χ4n) is 6.07. The summed E-state index contributed by atoms with van der Waals surface area (Å²) in [5.41, 5.74) is -2.37. The van der Waals surface area contributed by atoms with Gasteiger partial charge in [-0.05, 0) is 86.2 Å². The molecule has 2 aliphatic heterocycles. The summed E-state index contributed by atoms with van der Waals surface area (Å²) < 4.78 is 78.7. The molecule has 12 heteroatoms. The van der Waals surface area contributed by atoms with Crippen LogP contribution in [0.1, 0.15) is 53.9 Å². The number of fused-ring (bicyclic) bond motifs is 1. The number of nitrogens with one attached hydrogen (secondary N) is 1. The molecule has 2 saturated heterocycles. The number of aliphatic hydroxyl groups excluding tert-OH is 1. The van der Waals surface area contributed by atoms with Crippen molar-refractivity contribution in [2.24, 2.45) is 0 Å². The van der Waals surface area contributed by atoms with E-state index in [0.717, 1.165) is 43.6 Å². The number of β-amino-alcohol motifs (C(OH)–C–C–N with tert-alkyl or cyclic N) is 1. The zero-order valence-electron chi connectivity index (χ0n) is 23.3. The van der Waals surface area contributed by atoms with Crippen LogP contribution in [0.25, 0.3) is 17.0 Å². The summed E-state index contributed by atoms with van der Waals surface area (Å²) in [5.74, 6) is -0.215. The first-order valence-corrected chi connectivity index (χ1v) is 14.2. The SMILES string of the molecule is O=C(C=Cc1cc(C(F)(F)F)cc(C(F)(F)F)c1)N1CCC(O)(C(O)CN2CCC(c3c[nH]c4ccccc34)CC2)CC1. The van der Waals surface area contributed by atoms with Crippen molar-refractivity contribution < 1.29 is 41.4 Å². The van der Waals surface area contributed by atoms with Crippen LogP contribution in [0.5, 0.6) is 0 Å². The van der Waals surface area contributed by atoms with E-state index < -0.39 is 46.7 Å². The van der Waals surface area contributed by atoms with E-state index in [1.165, 1.54) is 15.8 Å². The van der Waals surface area contributed by atoms with Crippen molar-refractivity contribution in [2.75, 3.05) is 32.7 Å². The van der Waals surface area contributed by atoms with Gasteiger partial charge in [-0.25, -0.2) is 0 Å². The van der Waals surface area contributed by atoms with E-state index in [4.69, 9.17) is 0 Å². The number of hydrogen-bond acceptors (Lipinski definition) is 4. The molecule has 1 atom stereocenters. The van der Waals surface area contributed by atoms with Crippen LogP contribution < -0.4 is 0 Å². The number of aromatic amines is 1. The van der Waals surface area contributed by atoms with E-state index in [-0.39, 0.29) is 38.5 Å². The fourth-order valence-corrected chi connectivity index (χ4v) is 6.07. The molecule has 0 saturated carbocycles. The zero-order chi connectivity index (χ0) is 31.0. The number of nitrogens with zero attached hydrogens (tertiary/aromatic N) is 2. The highest BCUT2D eigenvalue weighted by molar-refractivity contribution is 5.92. The maximum atomic E-state index is 13.1. The summed E-state index contributed by atoms with van der Waals surface area (Å²) >= 11 is 0. The third-order valence-electron chi connectivity index (χ3n) is 8.67. The molecular weight excluding hydrogens is 576 g/mol. The topological polar surface area (TPSA) is 79.8 Å². The molecule has 0 aliphatic carbocycles. The minimum absolute atomic E-state index is 0.0297. The largest absolute Gasteiger partial charge is 0.416 e. The van der Waals surface area contributed by atoms with Gasteiger partial charge in [-0.15, -0.1) is 0 Å². The lowest BCUT2D eigenvalue weighted by Crippen LogP contribution is -2.56. The Morgan fingerprint density at radius 3 is 2.19 bits per heavy atom. The minimum Gasteiger partial charge on any atom is -0.389 e. The number of halogens is 6. The van der Waals surface area contributed by atoms with Gasteiger partial charge in [0, 0.05) is 42.8 Å². The van der Waals surface area contributed by atoms with Crippen molar-refractivity contribution in [3.05, 3.63) is 77.0 Å². The van der Waals surface area contributed by atoms with Gasteiger partial charge in [-0.2, -0.15) is 26.3 Å². The molecule has 1 aromatic heterocycles. The Hall–Kier alpha value is -3.35. The predicted molar refractivity (Wildman–Crippen MR) is 149 cm³/mol. The van der Waals surface area contributed by atoms with Crippen LogP contribution in [-0.4, -0.2) is 75.3 Å². The van der Waals surface area contributed by atoms with Crippen LogP contribution in [-0.2, 0) is 17.1 Å². The second kappa shape index (κ2) is 12.0. The number of piperidine rings is 2. The number of benzene rings is 2. The van der Waals surface area contributed by atoms with Crippen LogP contribution in [0, 0.1) is 0 Å². The van der Waals surface area contributed by atoms with Crippen molar-refractivity contribution in [1.29, 1.82) is 0 Å². The lowest BCUT2D eigenvalue weighted by Gasteiger charge is -2.43. The minimum atomic E-state index is -4.99. The number of rotatable bonds is 6. The van der Waals surface area contributed by atoms with Gasteiger partial charge in [-0.3, -0.25) is 4.79 Å². The molecule has 6 nitrogen and oxygen atoms in total. The monoisotopic (exact) mass is 609 g/mol. The van der Waals surface area contributed by atoms with Crippen LogP contribution in [0.2, 0.25) is 0 Å². The van der Waals surface area contributed by atoms with Gasteiger partial charge in [0.25, 0.3) is 0 Å². The highest BCUT2D eigenvalue weighted by atomic mass is 19.4. The zero-order valence-corrected chi connectivity index (χ0v) is 23.3. The smallest absolute Gasteiger partial charge is 0.389 e. The number of likely N-dealkylation sites (tertiary alicyclic amines) is 2. The molecule has 0 radical (unpaired) electrons. The normalized spacial score (nSPS) is 19.8. The van der Waals surface area contributed by atoms with Crippen molar-refractivity contribution >= 4 is 22.9 Å². The van der Waals surface area contributed by atoms with Crippen molar-refractivity contribution in [3.8, 4) is 0 Å². The second-order valence-corrected chi connectivity index (χ2v) is 11.5. The van der Waals surface area contributed by atoms with Crippen molar-refractivity contribution in [1.82, 2.24) is 14.8 Å². The van der Waals surface area contributed by atoms with Crippen molar-refractivity contribution in [2.45, 2.75) is 55.7 Å². The maximum absolute atomic E-state index is 13.1. The fraction of sp³-hybridized carbons (Fsp3) is 0.452. The molecule has 2 fully saturated rings. The van der Waals surface area contributed by atoms with E-state index in [9.17, 15) is 41.4 Å². The molecule has 3 N–H and O–H groups in total. The highest BCUT2D eigenvalue weighted by Gasteiger charge is 2.41. The number of aromatic nitrogens is 1. The molecule has 3 aromatic rings. The van der Waals surface area contributed by atoms with Gasteiger partial charge in [-0.1, -0.05) is 18.2 Å². The Morgan fingerprint density at radius 1 is 0.977 bits per heavy atom. The van der Waals surface area contributed by atoms with Crippen molar-refractivity contribution in [3.63, 3.8) is 0 Å². The average Bonchev–Trinajstić information content (AvgIpc) is 3.40. The lowest BCUT2D eigenvalue weighted by atomic mass is 9.84. The number of aliphatic hydroxyl groups is 2. The maximum Gasteiger partial charge on any atom is 0.416 e. The van der Waals surface area contributed by atoms with Gasteiger partial charge < -0.3 is 25.0 Å². The molecule has 43 heavy (non-hydrogen) atoms. The Bertz CT molecular complexity index is 1430. The first kappa shape index (κ1) is 31.1.